The van der Waals surface area contributed by atoms with Gasteiger partial charge in [0.15, 0.2) is 17.2 Å². The number of hydrogen-bond acceptors (Lipinski definition) is 9. The number of nitrogens with zero attached hydrogens (tertiary/aromatic N) is 6. The first-order valence-corrected chi connectivity index (χ1v) is 14.2. The molecular weight excluding hydrogens is 577 g/mol. The molecule has 15 heteroatoms. The van der Waals surface area contributed by atoms with E-state index < -0.39 is 29.7 Å². The molecule has 1 aliphatic heterocycles. The normalized spacial score (nSPS) is 26.6. The van der Waals surface area contributed by atoms with Crippen molar-refractivity contribution in [3.05, 3.63) is 41.2 Å². The van der Waals surface area contributed by atoms with E-state index in [4.69, 9.17) is 22.1 Å². The van der Waals surface area contributed by atoms with Crippen molar-refractivity contribution in [3.8, 4) is 0 Å². The number of alkyl halides is 3. The van der Waals surface area contributed by atoms with E-state index in [1.54, 1.807) is 0 Å². The number of fused-ring (bicyclic) bond motifs is 2. The van der Waals surface area contributed by atoms with E-state index >= 15 is 0 Å². The number of nitrogens with one attached hydrogen (secondary N) is 1. The Morgan fingerprint density at radius 2 is 2.02 bits per heavy atom. The number of benzene rings is 1. The molecule has 2 fully saturated rings. The second kappa shape index (κ2) is 10.6. The van der Waals surface area contributed by atoms with Crippen LogP contribution >= 0.6 is 11.6 Å². The molecule has 0 amide bonds. The maximum atomic E-state index is 13.2. The Kier molecular flexibility index (Phi) is 7.33. The molecule has 1 aromatic carbocycles. The third kappa shape index (κ3) is 5.08. The molecule has 4 heterocycles. The fourth-order valence-corrected chi connectivity index (χ4v) is 6.43. The van der Waals surface area contributed by atoms with Crippen LogP contribution in [0.4, 0.5) is 19.0 Å². The summed E-state index contributed by atoms with van der Waals surface area (Å²) in [4.78, 5) is 22.0. The predicted molar refractivity (Wildman–Crippen MR) is 148 cm³/mol. The Morgan fingerprint density at radius 1 is 1.26 bits per heavy atom. The summed E-state index contributed by atoms with van der Waals surface area (Å²) in [6.45, 7) is 4.45. The van der Waals surface area contributed by atoms with Crippen molar-refractivity contribution in [2.45, 2.75) is 75.7 Å². The molecule has 11 nitrogen and oxygen atoms in total. The van der Waals surface area contributed by atoms with Gasteiger partial charge in [-0.3, -0.25) is 9.47 Å². The molecule has 1 saturated carbocycles. The van der Waals surface area contributed by atoms with Gasteiger partial charge in [0.25, 0.3) is 0 Å². The summed E-state index contributed by atoms with van der Waals surface area (Å²) in [5.41, 5.74) is 4.61. The lowest BCUT2D eigenvalue weighted by Gasteiger charge is -2.46. The number of hydrogen-bond donors (Lipinski definition) is 4. The molecular formula is C27H32ClF3N8O3. The Balaban J connectivity index is 1.06. The number of aryl methyl sites for hydroxylation is 1. The fraction of sp³-hybridized carbons (Fsp3) is 0.556. The van der Waals surface area contributed by atoms with Crippen LogP contribution in [0.1, 0.15) is 44.5 Å². The van der Waals surface area contributed by atoms with Gasteiger partial charge in [0.05, 0.1) is 34.6 Å². The zero-order chi connectivity index (χ0) is 30.0. The standard InChI is InChI=1S/C27H32ClF3N8O3/c1-13(2)38(9-20-23(40)26(41,10-42-20)39-12-35-22-24(32)33-11-34-25(22)39)15-5-14(6-15)3-4-21-36-18-7-16(27(29,30)31)17(28)8-19(18)37-21/h7-8,11-15,20,23,40-41H,3-6,9-10H2,1-2H3,(H,36,37)(H2,32,33,34)/t14?,15?,20-,23-,26+/m1/s1. The van der Waals surface area contributed by atoms with Crippen LogP contribution < -0.4 is 5.73 Å². The topological polar surface area (TPSA) is 151 Å². The van der Waals surface area contributed by atoms with Crippen LogP contribution in [0.5, 0.6) is 0 Å². The zero-order valence-corrected chi connectivity index (χ0v) is 23.8. The Hall–Kier alpha value is -3.04. The van der Waals surface area contributed by atoms with Crippen LogP contribution in [-0.2, 0) is 23.1 Å². The molecule has 0 spiro atoms. The number of imidazole rings is 2. The van der Waals surface area contributed by atoms with Gasteiger partial charge in [-0.05, 0) is 51.2 Å². The number of nitrogen functional groups attached to an aromatic ring is 1. The summed E-state index contributed by atoms with van der Waals surface area (Å²) in [5.74, 6) is 1.23. The van der Waals surface area contributed by atoms with Crippen molar-refractivity contribution in [2.24, 2.45) is 5.92 Å². The van der Waals surface area contributed by atoms with Gasteiger partial charge in [-0.1, -0.05) is 11.6 Å². The first-order valence-electron chi connectivity index (χ1n) is 13.8. The highest BCUT2D eigenvalue weighted by molar-refractivity contribution is 6.32. The minimum Gasteiger partial charge on any atom is -0.385 e. The van der Waals surface area contributed by atoms with Gasteiger partial charge in [0.2, 0.25) is 0 Å². The molecule has 4 aromatic rings. The summed E-state index contributed by atoms with van der Waals surface area (Å²) in [6, 6.07) is 2.70. The second-order valence-electron chi connectivity index (χ2n) is 11.6. The van der Waals surface area contributed by atoms with Crippen LogP contribution in [0.15, 0.2) is 24.8 Å². The van der Waals surface area contributed by atoms with Gasteiger partial charge in [0.1, 0.15) is 29.9 Å². The lowest BCUT2D eigenvalue weighted by atomic mass is 9.76. The summed E-state index contributed by atoms with van der Waals surface area (Å²) in [7, 11) is 0. The molecule has 0 unspecified atom stereocenters. The van der Waals surface area contributed by atoms with Crippen molar-refractivity contribution >= 4 is 39.6 Å². The lowest BCUT2D eigenvalue weighted by Crippen LogP contribution is -2.54. The molecule has 2 aliphatic rings. The third-order valence-corrected chi connectivity index (χ3v) is 8.88. The molecule has 3 aromatic heterocycles. The summed E-state index contributed by atoms with van der Waals surface area (Å²) in [6.07, 6.45) is -0.446. The largest absolute Gasteiger partial charge is 0.417 e. The Bertz CT molecular complexity index is 1600. The van der Waals surface area contributed by atoms with Crippen LogP contribution in [0, 0.1) is 5.92 Å². The molecule has 226 valence electrons. The minimum atomic E-state index is -4.53. The molecule has 6 rings (SSSR count). The third-order valence-electron chi connectivity index (χ3n) is 8.56. The summed E-state index contributed by atoms with van der Waals surface area (Å²) >= 11 is 5.84. The number of aliphatic hydroxyl groups excluding tert-OH is 1. The zero-order valence-electron chi connectivity index (χ0n) is 23.0. The first kappa shape index (κ1) is 29.1. The number of ether oxygens (including phenoxy) is 1. The first-order chi connectivity index (χ1) is 19.8. The van der Waals surface area contributed by atoms with Crippen molar-refractivity contribution in [2.75, 3.05) is 18.9 Å². The number of H-pyrrole nitrogens is 1. The van der Waals surface area contributed by atoms with Crippen molar-refractivity contribution in [1.82, 2.24) is 34.4 Å². The highest BCUT2D eigenvalue weighted by Crippen LogP contribution is 2.39. The predicted octanol–water partition coefficient (Wildman–Crippen LogP) is 3.48. The Labute approximate surface area is 243 Å². The molecule has 5 N–H and O–H groups in total. The highest BCUT2D eigenvalue weighted by Gasteiger charge is 2.51. The number of rotatable bonds is 8. The molecule has 3 atom stereocenters. The van der Waals surface area contributed by atoms with E-state index in [9.17, 15) is 23.4 Å². The van der Waals surface area contributed by atoms with E-state index in [1.807, 2.05) is 0 Å². The van der Waals surface area contributed by atoms with Gasteiger partial charge < -0.3 is 25.7 Å². The maximum Gasteiger partial charge on any atom is 0.417 e. The smallest absolute Gasteiger partial charge is 0.385 e. The number of halogens is 4. The van der Waals surface area contributed by atoms with Crippen LogP contribution in [0.25, 0.3) is 22.2 Å². The number of aromatic amines is 1. The van der Waals surface area contributed by atoms with Crippen molar-refractivity contribution < 1.29 is 28.1 Å². The van der Waals surface area contributed by atoms with E-state index in [0.717, 1.165) is 25.3 Å². The van der Waals surface area contributed by atoms with Crippen LogP contribution in [0.2, 0.25) is 5.02 Å². The fourth-order valence-electron chi connectivity index (χ4n) is 6.16. The minimum absolute atomic E-state index is 0.138. The summed E-state index contributed by atoms with van der Waals surface area (Å²) < 4.78 is 46.9. The van der Waals surface area contributed by atoms with E-state index in [2.05, 4.69) is 43.7 Å². The second-order valence-corrected chi connectivity index (χ2v) is 12.0. The number of aromatic nitrogens is 6. The molecule has 42 heavy (non-hydrogen) atoms. The number of aliphatic hydroxyl groups is 2. The average Bonchev–Trinajstić information content (AvgIpc) is 3.58. The van der Waals surface area contributed by atoms with Crippen molar-refractivity contribution in [3.63, 3.8) is 0 Å². The van der Waals surface area contributed by atoms with Gasteiger partial charge >= 0.3 is 6.18 Å². The molecule has 0 radical (unpaired) electrons. The average molecular weight is 609 g/mol. The van der Waals surface area contributed by atoms with E-state index in [1.165, 1.54) is 23.3 Å². The molecule has 0 bridgehead atoms. The van der Waals surface area contributed by atoms with Gasteiger partial charge in [0, 0.05) is 25.0 Å². The number of anilines is 1. The van der Waals surface area contributed by atoms with Gasteiger partial charge in [-0.25, -0.2) is 19.9 Å². The molecule has 1 aliphatic carbocycles. The van der Waals surface area contributed by atoms with Gasteiger partial charge in [-0.2, -0.15) is 13.2 Å². The SMILES string of the molecule is CC(C)N(C[C@H]1OC[C@@](O)(n2cnc3c(N)ncnc32)[C@@H]1O)C1CC(CCc2nc3cc(Cl)c(C(F)(F)F)cc3[nH]2)C1. The van der Waals surface area contributed by atoms with Crippen LogP contribution in [0.3, 0.4) is 0 Å². The Morgan fingerprint density at radius 3 is 2.74 bits per heavy atom. The maximum absolute atomic E-state index is 13.2. The summed E-state index contributed by atoms with van der Waals surface area (Å²) in [5, 5.41) is 22.3. The monoisotopic (exact) mass is 608 g/mol. The number of nitrogens with two attached hydrogens (primary N) is 1. The quantitative estimate of drug-likeness (QED) is 0.236. The highest BCUT2D eigenvalue weighted by atomic mass is 35.5. The van der Waals surface area contributed by atoms with Crippen molar-refractivity contribution in [1.29, 1.82) is 0 Å². The van der Waals surface area contributed by atoms with E-state index in [-0.39, 0.29) is 29.5 Å². The van der Waals surface area contributed by atoms with Crippen LogP contribution in [-0.4, -0.2) is 82.0 Å². The van der Waals surface area contributed by atoms with E-state index in [0.29, 0.717) is 46.9 Å². The lowest BCUT2D eigenvalue weighted by molar-refractivity contribution is -0.137. The molecule has 1 saturated heterocycles. The van der Waals surface area contributed by atoms with Gasteiger partial charge in [-0.15, -0.1) is 0 Å².